The van der Waals surface area contributed by atoms with Crippen molar-refractivity contribution in [1.82, 2.24) is 9.97 Å². The maximum atomic E-state index is 12.8. The van der Waals surface area contributed by atoms with Crippen molar-refractivity contribution >= 4 is 11.6 Å². The van der Waals surface area contributed by atoms with Crippen LogP contribution in [0.25, 0.3) is 0 Å². The van der Waals surface area contributed by atoms with Crippen LogP contribution in [0, 0.1) is 5.82 Å². The first-order chi connectivity index (χ1) is 9.63. The Bertz CT molecular complexity index is 540. The van der Waals surface area contributed by atoms with E-state index < -0.39 is 0 Å². The molecule has 5 heteroatoms. The van der Waals surface area contributed by atoms with E-state index in [0.29, 0.717) is 6.04 Å². The van der Waals surface area contributed by atoms with Gasteiger partial charge in [0.15, 0.2) is 0 Å². The zero-order valence-electron chi connectivity index (χ0n) is 11.7. The normalized spacial score (nSPS) is 10.6. The smallest absolute Gasteiger partial charge is 0.131 e. The number of aromatic nitrogens is 2. The Balaban J connectivity index is 1.86. The molecule has 0 aliphatic rings. The van der Waals surface area contributed by atoms with Gasteiger partial charge in [0, 0.05) is 18.7 Å². The number of rotatable bonds is 6. The summed E-state index contributed by atoms with van der Waals surface area (Å²) >= 11 is 0. The van der Waals surface area contributed by atoms with E-state index in [4.69, 9.17) is 0 Å². The molecule has 0 bridgehead atoms. The van der Waals surface area contributed by atoms with Gasteiger partial charge in [0.2, 0.25) is 0 Å². The molecule has 0 aliphatic carbocycles. The van der Waals surface area contributed by atoms with Gasteiger partial charge in [-0.2, -0.15) is 0 Å². The van der Waals surface area contributed by atoms with E-state index in [-0.39, 0.29) is 5.82 Å². The maximum absolute atomic E-state index is 12.8. The summed E-state index contributed by atoms with van der Waals surface area (Å²) in [6.07, 6.45) is 2.35. The van der Waals surface area contributed by atoms with Crippen molar-refractivity contribution in [3.63, 3.8) is 0 Å². The second-order valence-corrected chi connectivity index (χ2v) is 4.89. The molecule has 0 atom stereocenters. The lowest BCUT2D eigenvalue weighted by molar-refractivity contribution is 0.627. The van der Waals surface area contributed by atoms with E-state index in [0.717, 1.165) is 30.2 Å². The van der Waals surface area contributed by atoms with Crippen LogP contribution in [0.2, 0.25) is 0 Å². The molecule has 2 aromatic rings. The minimum absolute atomic E-state index is 0.207. The molecular formula is C15H19FN4. The van der Waals surface area contributed by atoms with Gasteiger partial charge in [-0.05, 0) is 38.0 Å². The molecule has 0 saturated heterocycles. The number of nitrogens with one attached hydrogen (secondary N) is 2. The molecule has 4 nitrogen and oxygen atoms in total. The third-order valence-corrected chi connectivity index (χ3v) is 2.74. The number of benzene rings is 1. The largest absolute Gasteiger partial charge is 0.370 e. The molecule has 0 saturated carbocycles. The van der Waals surface area contributed by atoms with Crippen LogP contribution < -0.4 is 10.6 Å². The molecule has 0 unspecified atom stereocenters. The third-order valence-electron chi connectivity index (χ3n) is 2.74. The molecule has 0 amide bonds. The van der Waals surface area contributed by atoms with E-state index >= 15 is 0 Å². The van der Waals surface area contributed by atoms with Gasteiger partial charge >= 0.3 is 0 Å². The first kappa shape index (κ1) is 14.2. The van der Waals surface area contributed by atoms with Crippen LogP contribution in [0.3, 0.4) is 0 Å². The van der Waals surface area contributed by atoms with E-state index in [2.05, 4.69) is 34.4 Å². The summed E-state index contributed by atoms with van der Waals surface area (Å²) in [6, 6.07) is 8.75. The van der Waals surface area contributed by atoms with Crippen LogP contribution in [0.1, 0.15) is 19.4 Å². The van der Waals surface area contributed by atoms with Crippen molar-refractivity contribution in [3.8, 4) is 0 Å². The van der Waals surface area contributed by atoms with Crippen molar-refractivity contribution in [2.75, 3.05) is 17.2 Å². The summed E-state index contributed by atoms with van der Waals surface area (Å²) in [6.45, 7) is 4.86. The average Bonchev–Trinajstić information content (AvgIpc) is 2.41. The Kier molecular flexibility index (Phi) is 4.87. The number of anilines is 2. The minimum Gasteiger partial charge on any atom is -0.370 e. The standard InChI is InChI=1S/C15H19FN4/c1-11(2)20-15-9-14(18-10-19-15)17-8-7-12-3-5-13(16)6-4-12/h3-6,9-11H,7-8H2,1-2H3,(H2,17,18,19,20). The first-order valence-electron chi connectivity index (χ1n) is 6.70. The predicted molar refractivity (Wildman–Crippen MR) is 79.4 cm³/mol. The summed E-state index contributed by atoms with van der Waals surface area (Å²) in [5.74, 6) is 1.38. The fourth-order valence-electron chi connectivity index (χ4n) is 1.81. The molecule has 0 spiro atoms. The predicted octanol–water partition coefficient (Wildman–Crippen LogP) is 3.09. The average molecular weight is 274 g/mol. The highest BCUT2D eigenvalue weighted by Gasteiger charge is 2.00. The Morgan fingerprint density at radius 2 is 1.80 bits per heavy atom. The van der Waals surface area contributed by atoms with Crippen molar-refractivity contribution in [3.05, 3.63) is 48.0 Å². The van der Waals surface area contributed by atoms with E-state index in [1.807, 2.05) is 6.07 Å². The van der Waals surface area contributed by atoms with Crippen LogP contribution in [0.4, 0.5) is 16.0 Å². The lowest BCUT2D eigenvalue weighted by atomic mass is 10.1. The van der Waals surface area contributed by atoms with E-state index in [9.17, 15) is 4.39 Å². The molecule has 0 radical (unpaired) electrons. The van der Waals surface area contributed by atoms with Crippen molar-refractivity contribution in [2.24, 2.45) is 0 Å². The zero-order chi connectivity index (χ0) is 14.4. The number of nitrogens with zero attached hydrogens (tertiary/aromatic N) is 2. The highest BCUT2D eigenvalue weighted by molar-refractivity contribution is 5.46. The molecule has 0 aliphatic heterocycles. The van der Waals surface area contributed by atoms with Gasteiger partial charge < -0.3 is 10.6 Å². The van der Waals surface area contributed by atoms with Crippen LogP contribution in [0.15, 0.2) is 36.7 Å². The van der Waals surface area contributed by atoms with Crippen LogP contribution in [0.5, 0.6) is 0 Å². The molecule has 0 fully saturated rings. The van der Waals surface area contributed by atoms with Gasteiger partial charge in [-0.3, -0.25) is 0 Å². The Morgan fingerprint density at radius 1 is 1.10 bits per heavy atom. The molecule has 2 N–H and O–H groups in total. The summed E-state index contributed by atoms with van der Waals surface area (Å²) in [4.78, 5) is 8.32. The van der Waals surface area contributed by atoms with Crippen molar-refractivity contribution in [2.45, 2.75) is 26.3 Å². The quantitative estimate of drug-likeness (QED) is 0.850. The highest BCUT2D eigenvalue weighted by atomic mass is 19.1. The minimum atomic E-state index is -0.207. The van der Waals surface area contributed by atoms with Crippen LogP contribution >= 0.6 is 0 Å². The lowest BCUT2D eigenvalue weighted by Gasteiger charge is -2.10. The lowest BCUT2D eigenvalue weighted by Crippen LogP contribution is -2.12. The molecule has 20 heavy (non-hydrogen) atoms. The summed E-state index contributed by atoms with van der Waals surface area (Å²) in [5.41, 5.74) is 1.09. The Morgan fingerprint density at radius 3 is 2.50 bits per heavy atom. The van der Waals surface area contributed by atoms with Gasteiger partial charge in [-0.15, -0.1) is 0 Å². The van der Waals surface area contributed by atoms with E-state index in [1.54, 1.807) is 12.1 Å². The molecule has 1 aromatic heterocycles. The van der Waals surface area contributed by atoms with Gasteiger partial charge in [-0.1, -0.05) is 12.1 Å². The van der Waals surface area contributed by atoms with Crippen molar-refractivity contribution in [1.29, 1.82) is 0 Å². The zero-order valence-corrected chi connectivity index (χ0v) is 11.7. The Labute approximate surface area is 118 Å². The Hall–Kier alpha value is -2.17. The molecule has 1 heterocycles. The van der Waals surface area contributed by atoms with Crippen LogP contribution in [-0.4, -0.2) is 22.6 Å². The topological polar surface area (TPSA) is 49.8 Å². The number of hydrogen-bond donors (Lipinski definition) is 2. The van der Waals surface area contributed by atoms with Gasteiger partial charge in [0.1, 0.15) is 23.8 Å². The SMILES string of the molecule is CC(C)Nc1cc(NCCc2ccc(F)cc2)ncn1. The molecular weight excluding hydrogens is 255 g/mol. The second kappa shape index (κ2) is 6.84. The van der Waals surface area contributed by atoms with Gasteiger partial charge in [-0.25, -0.2) is 14.4 Å². The number of halogens is 1. The molecule has 106 valence electrons. The third kappa shape index (κ3) is 4.50. The monoisotopic (exact) mass is 274 g/mol. The van der Waals surface area contributed by atoms with Crippen LogP contribution in [-0.2, 0) is 6.42 Å². The number of hydrogen-bond acceptors (Lipinski definition) is 4. The fourth-order valence-corrected chi connectivity index (χ4v) is 1.81. The molecule has 2 rings (SSSR count). The summed E-state index contributed by atoms with van der Waals surface area (Å²) < 4.78 is 12.8. The maximum Gasteiger partial charge on any atom is 0.131 e. The van der Waals surface area contributed by atoms with Gasteiger partial charge in [0.05, 0.1) is 0 Å². The fraction of sp³-hybridized carbons (Fsp3) is 0.333. The van der Waals surface area contributed by atoms with Crippen molar-refractivity contribution < 1.29 is 4.39 Å². The van der Waals surface area contributed by atoms with Gasteiger partial charge in [0.25, 0.3) is 0 Å². The summed E-state index contributed by atoms with van der Waals surface area (Å²) in [7, 11) is 0. The molecule has 1 aromatic carbocycles. The highest BCUT2D eigenvalue weighted by Crippen LogP contribution is 2.10. The van der Waals surface area contributed by atoms with E-state index in [1.165, 1.54) is 18.5 Å². The summed E-state index contributed by atoms with van der Waals surface area (Å²) in [5, 5.41) is 6.46. The first-order valence-corrected chi connectivity index (χ1v) is 6.70. The second-order valence-electron chi connectivity index (χ2n) is 4.89.